The van der Waals surface area contributed by atoms with Crippen molar-refractivity contribution >= 4 is 17.0 Å². The van der Waals surface area contributed by atoms with Crippen LogP contribution in [0.15, 0.2) is 31.0 Å². The summed E-state index contributed by atoms with van der Waals surface area (Å²) in [5.74, 6) is 0.436. The normalized spacial score (nSPS) is 18.6. The van der Waals surface area contributed by atoms with E-state index in [1.807, 2.05) is 16.7 Å². The fraction of sp³-hybridized carbons (Fsp3) is 0.333. The van der Waals surface area contributed by atoms with Crippen LogP contribution in [-0.2, 0) is 4.74 Å². The Labute approximate surface area is 127 Å². The molecule has 0 amide bonds. The summed E-state index contributed by atoms with van der Waals surface area (Å²) in [7, 11) is 0. The standard InChI is InChI=1S/C15H16N6O/c16-14-10(4-3-6-17-14)12-13-15(19-8-18-12)21(9-20-13)11-5-1-2-7-22-11/h3-4,6,8-9,11H,1-2,5,7H2,(H2,16,17). The van der Waals surface area contributed by atoms with Crippen LogP contribution in [0.5, 0.6) is 0 Å². The summed E-state index contributed by atoms with van der Waals surface area (Å²) >= 11 is 0. The second-order valence-corrected chi connectivity index (χ2v) is 5.30. The van der Waals surface area contributed by atoms with Gasteiger partial charge in [0.2, 0.25) is 0 Å². The Balaban J connectivity index is 1.85. The lowest BCUT2D eigenvalue weighted by Crippen LogP contribution is -2.17. The van der Waals surface area contributed by atoms with Crippen molar-refractivity contribution < 1.29 is 4.74 Å². The number of fused-ring (bicyclic) bond motifs is 1. The Morgan fingerprint density at radius 2 is 2.14 bits per heavy atom. The highest BCUT2D eigenvalue weighted by Gasteiger charge is 2.21. The number of nitrogens with zero attached hydrogens (tertiary/aromatic N) is 5. The van der Waals surface area contributed by atoms with Crippen LogP contribution in [0.4, 0.5) is 5.82 Å². The van der Waals surface area contributed by atoms with Crippen LogP contribution < -0.4 is 5.73 Å². The van der Waals surface area contributed by atoms with E-state index >= 15 is 0 Å². The summed E-state index contributed by atoms with van der Waals surface area (Å²) in [5, 5.41) is 0. The molecule has 7 heteroatoms. The van der Waals surface area contributed by atoms with Gasteiger partial charge in [-0.3, -0.25) is 4.57 Å². The smallest absolute Gasteiger partial charge is 0.165 e. The quantitative estimate of drug-likeness (QED) is 0.779. The molecule has 1 atom stereocenters. The molecule has 3 aromatic heterocycles. The van der Waals surface area contributed by atoms with Gasteiger partial charge in [-0.25, -0.2) is 19.9 Å². The molecule has 1 fully saturated rings. The highest BCUT2D eigenvalue weighted by molar-refractivity contribution is 5.90. The van der Waals surface area contributed by atoms with Crippen molar-refractivity contribution in [3.05, 3.63) is 31.0 Å². The van der Waals surface area contributed by atoms with E-state index in [9.17, 15) is 0 Å². The lowest BCUT2D eigenvalue weighted by Gasteiger charge is -2.23. The highest BCUT2D eigenvalue weighted by Crippen LogP contribution is 2.30. The predicted molar refractivity (Wildman–Crippen MR) is 81.8 cm³/mol. The van der Waals surface area contributed by atoms with Gasteiger partial charge in [0.1, 0.15) is 29.6 Å². The average Bonchev–Trinajstić information content (AvgIpc) is 3.00. The van der Waals surface area contributed by atoms with E-state index in [1.165, 1.54) is 6.33 Å². The van der Waals surface area contributed by atoms with Gasteiger partial charge in [0.05, 0.1) is 6.33 Å². The topological polar surface area (TPSA) is 91.7 Å². The highest BCUT2D eigenvalue weighted by atomic mass is 16.5. The summed E-state index contributed by atoms with van der Waals surface area (Å²) in [6, 6.07) is 3.72. The average molecular weight is 296 g/mol. The van der Waals surface area contributed by atoms with Gasteiger partial charge >= 0.3 is 0 Å². The van der Waals surface area contributed by atoms with Gasteiger partial charge in [0.25, 0.3) is 0 Å². The van der Waals surface area contributed by atoms with E-state index in [1.54, 1.807) is 12.5 Å². The molecule has 0 radical (unpaired) electrons. The number of nitrogens with two attached hydrogens (primary N) is 1. The lowest BCUT2D eigenvalue weighted by atomic mass is 10.1. The molecule has 1 aliphatic heterocycles. The molecule has 4 heterocycles. The summed E-state index contributed by atoms with van der Waals surface area (Å²) < 4.78 is 7.80. The fourth-order valence-corrected chi connectivity index (χ4v) is 2.82. The van der Waals surface area contributed by atoms with Crippen molar-refractivity contribution in [3.63, 3.8) is 0 Å². The largest absolute Gasteiger partial charge is 0.383 e. The zero-order chi connectivity index (χ0) is 14.9. The van der Waals surface area contributed by atoms with E-state index < -0.39 is 0 Å². The zero-order valence-electron chi connectivity index (χ0n) is 12.0. The number of imidazole rings is 1. The van der Waals surface area contributed by atoms with Gasteiger partial charge in [-0.05, 0) is 31.4 Å². The molecule has 1 saturated heterocycles. The minimum Gasteiger partial charge on any atom is -0.383 e. The number of anilines is 1. The van der Waals surface area contributed by atoms with Crippen LogP contribution in [0.3, 0.4) is 0 Å². The van der Waals surface area contributed by atoms with Gasteiger partial charge < -0.3 is 10.5 Å². The van der Waals surface area contributed by atoms with Crippen molar-refractivity contribution in [1.82, 2.24) is 24.5 Å². The number of ether oxygens (including phenoxy) is 1. The first kappa shape index (κ1) is 13.1. The third-order valence-corrected chi connectivity index (χ3v) is 3.92. The van der Waals surface area contributed by atoms with Gasteiger partial charge in [-0.15, -0.1) is 0 Å². The van der Waals surface area contributed by atoms with Crippen molar-refractivity contribution in [2.45, 2.75) is 25.5 Å². The number of pyridine rings is 1. The monoisotopic (exact) mass is 296 g/mol. The van der Waals surface area contributed by atoms with Crippen LogP contribution in [0.1, 0.15) is 25.5 Å². The summed E-state index contributed by atoms with van der Waals surface area (Å²) in [6.07, 6.45) is 8.18. The summed E-state index contributed by atoms with van der Waals surface area (Å²) in [6.45, 7) is 0.776. The molecule has 0 saturated carbocycles. The second kappa shape index (κ2) is 5.34. The molecule has 3 aromatic rings. The molecule has 0 aliphatic carbocycles. The molecule has 2 N–H and O–H groups in total. The Morgan fingerprint density at radius 3 is 2.95 bits per heavy atom. The van der Waals surface area contributed by atoms with Crippen LogP contribution in [0, 0.1) is 0 Å². The molecular formula is C15H16N6O. The Morgan fingerprint density at radius 1 is 1.18 bits per heavy atom. The maximum absolute atomic E-state index is 5.96. The van der Waals surface area contributed by atoms with E-state index in [4.69, 9.17) is 10.5 Å². The van der Waals surface area contributed by atoms with Crippen LogP contribution in [-0.4, -0.2) is 31.1 Å². The third kappa shape index (κ3) is 2.10. The summed E-state index contributed by atoms with van der Waals surface area (Å²) in [5.41, 5.74) is 8.91. The second-order valence-electron chi connectivity index (χ2n) is 5.30. The SMILES string of the molecule is Nc1ncccc1-c1ncnc2c1ncn2C1CCCCO1. The molecule has 0 bridgehead atoms. The number of rotatable bonds is 2. The van der Waals surface area contributed by atoms with Gasteiger partial charge in [0.15, 0.2) is 5.65 Å². The molecular weight excluding hydrogens is 280 g/mol. The molecule has 1 aliphatic rings. The maximum atomic E-state index is 5.96. The first-order chi connectivity index (χ1) is 10.8. The minimum atomic E-state index is -0.00672. The Hall–Kier alpha value is -2.54. The van der Waals surface area contributed by atoms with Crippen molar-refractivity contribution in [1.29, 1.82) is 0 Å². The molecule has 0 spiro atoms. The Kier molecular flexibility index (Phi) is 3.19. The van der Waals surface area contributed by atoms with Crippen molar-refractivity contribution in [3.8, 4) is 11.3 Å². The number of hydrogen-bond donors (Lipinski definition) is 1. The molecule has 0 aromatic carbocycles. The van der Waals surface area contributed by atoms with Crippen LogP contribution >= 0.6 is 0 Å². The van der Waals surface area contributed by atoms with Gasteiger partial charge in [0, 0.05) is 18.4 Å². The number of aromatic nitrogens is 5. The first-order valence-electron chi connectivity index (χ1n) is 7.34. The third-order valence-electron chi connectivity index (χ3n) is 3.92. The van der Waals surface area contributed by atoms with Crippen LogP contribution in [0.2, 0.25) is 0 Å². The molecule has 22 heavy (non-hydrogen) atoms. The number of hydrogen-bond acceptors (Lipinski definition) is 6. The fourth-order valence-electron chi connectivity index (χ4n) is 2.82. The predicted octanol–water partition coefficient (Wildman–Crippen LogP) is 2.17. The van der Waals surface area contributed by atoms with Crippen molar-refractivity contribution in [2.75, 3.05) is 12.3 Å². The molecule has 7 nitrogen and oxygen atoms in total. The van der Waals surface area contributed by atoms with E-state index in [0.29, 0.717) is 11.5 Å². The molecule has 4 rings (SSSR count). The molecule has 112 valence electrons. The zero-order valence-corrected chi connectivity index (χ0v) is 12.0. The first-order valence-corrected chi connectivity index (χ1v) is 7.34. The molecule has 1 unspecified atom stereocenters. The lowest BCUT2D eigenvalue weighted by molar-refractivity contribution is -0.0298. The van der Waals surface area contributed by atoms with Crippen LogP contribution in [0.25, 0.3) is 22.4 Å². The summed E-state index contributed by atoms with van der Waals surface area (Å²) in [4.78, 5) is 17.3. The van der Waals surface area contributed by atoms with Gasteiger partial charge in [-0.2, -0.15) is 0 Å². The van der Waals surface area contributed by atoms with E-state index in [-0.39, 0.29) is 6.23 Å². The Bertz CT molecular complexity index is 809. The maximum Gasteiger partial charge on any atom is 0.165 e. The minimum absolute atomic E-state index is 0.00672. The van der Waals surface area contributed by atoms with Gasteiger partial charge in [-0.1, -0.05) is 0 Å². The number of nitrogen functional groups attached to an aromatic ring is 1. The van der Waals surface area contributed by atoms with E-state index in [2.05, 4.69) is 19.9 Å². The van der Waals surface area contributed by atoms with Crippen molar-refractivity contribution in [2.24, 2.45) is 0 Å². The van der Waals surface area contributed by atoms with E-state index in [0.717, 1.165) is 42.6 Å².